The van der Waals surface area contributed by atoms with Gasteiger partial charge in [-0.05, 0) is 29.7 Å². The number of rotatable bonds is 3. The van der Waals surface area contributed by atoms with E-state index in [1.165, 1.54) is 24.3 Å². The number of aliphatic carboxylic acids is 1. The topological polar surface area (TPSA) is 77.9 Å². The highest BCUT2D eigenvalue weighted by atomic mass is 19.1. The summed E-state index contributed by atoms with van der Waals surface area (Å²) in [7, 11) is 0. The van der Waals surface area contributed by atoms with Crippen molar-refractivity contribution in [2.24, 2.45) is 17.3 Å². The molecule has 0 aromatic heterocycles. The number of piperazine rings is 1. The molecule has 0 spiro atoms. The minimum atomic E-state index is -0.937. The lowest BCUT2D eigenvalue weighted by Gasteiger charge is -2.35. The Morgan fingerprint density at radius 3 is 2.00 bits per heavy atom. The van der Waals surface area contributed by atoms with Crippen molar-refractivity contribution < 1.29 is 23.9 Å². The number of carbonyl (C=O) groups excluding carboxylic acids is 2. The fraction of sp³-hybridized carbons (Fsp3) is 0.500. The van der Waals surface area contributed by atoms with Gasteiger partial charge < -0.3 is 14.9 Å². The number of nitrogens with zero attached hydrogens (tertiary/aromatic N) is 2. The Morgan fingerprint density at radius 2 is 1.52 bits per heavy atom. The van der Waals surface area contributed by atoms with Crippen LogP contribution in [0.2, 0.25) is 0 Å². The summed E-state index contributed by atoms with van der Waals surface area (Å²) in [6.07, 6.45) is 0. The normalized spacial score (nSPS) is 24.8. The number of benzene rings is 1. The second-order valence-electron chi connectivity index (χ2n) is 7.24. The third-order valence-corrected chi connectivity index (χ3v) is 5.33. The van der Waals surface area contributed by atoms with E-state index in [1.54, 1.807) is 23.6 Å². The van der Waals surface area contributed by atoms with Crippen LogP contribution in [0, 0.1) is 23.1 Å². The summed E-state index contributed by atoms with van der Waals surface area (Å²) in [5.41, 5.74) is -0.111. The minimum Gasteiger partial charge on any atom is -0.481 e. The van der Waals surface area contributed by atoms with E-state index < -0.39 is 29.0 Å². The average molecular weight is 348 g/mol. The molecule has 1 aromatic rings. The second-order valence-corrected chi connectivity index (χ2v) is 7.24. The Hall–Kier alpha value is -2.44. The minimum absolute atomic E-state index is 0.147. The SMILES string of the molecule is CC1(C)[C@H](C(=O)O)[C@@H]1C(=O)N1CCN(C(=O)c2ccc(F)cc2)CC1. The summed E-state index contributed by atoms with van der Waals surface area (Å²) in [5.74, 6) is -2.81. The van der Waals surface area contributed by atoms with Crippen LogP contribution in [0.5, 0.6) is 0 Å². The molecule has 0 bridgehead atoms. The Bertz CT molecular complexity index is 708. The molecule has 2 atom stereocenters. The van der Waals surface area contributed by atoms with Gasteiger partial charge in [0.05, 0.1) is 11.8 Å². The number of hydrogen-bond donors (Lipinski definition) is 1. The Morgan fingerprint density at radius 1 is 1.00 bits per heavy atom. The zero-order valence-electron chi connectivity index (χ0n) is 14.2. The molecule has 2 fully saturated rings. The van der Waals surface area contributed by atoms with Crippen molar-refractivity contribution >= 4 is 17.8 Å². The van der Waals surface area contributed by atoms with E-state index in [2.05, 4.69) is 0 Å². The molecule has 2 aliphatic rings. The summed E-state index contributed by atoms with van der Waals surface area (Å²) < 4.78 is 13.0. The zero-order chi connectivity index (χ0) is 18.4. The monoisotopic (exact) mass is 348 g/mol. The van der Waals surface area contributed by atoms with Crippen LogP contribution in [-0.4, -0.2) is 58.9 Å². The van der Waals surface area contributed by atoms with Gasteiger partial charge >= 0.3 is 5.97 Å². The molecule has 1 saturated heterocycles. The molecule has 1 aliphatic carbocycles. The van der Waals surface area contributed by atoms with Gasteiger partial charge in [0.2, 0.25) is 5.91 Å². The number of hydrogen-bond acceptors (Lipinski definition) is 3. The van der Waals surface area contributed by atoms with Crippen molar-refractivity contribution in [1.29, 1.82) is 0 Å². The molecule has 1 N–H and O–H groups in total. The van der Waals surface area contributed by atoms with Crippen LogP contribution in [0.3, 0.4) is 0 Å². The molecule has 134 valence electrons. The lowest BCUT2D eigenvalue weighted by atomic mass is 10.1. The van der Waals surface area contributed by atoms with E-state index in [9.17, 15) is 23.9 Å². The fourth-order valence-corrected chi connectivity index (χ4v) is 3.66. The first-order valence-electron chi connectivity index (χ1n) is 8.30. The van der Waals surface area contributed by atoms with Gasteiger partial charge in [-0.3, -0.25) is 14.4 Å². The lowest BCUT2D eigenvalue weighted by Crippen LogP contribution is -2.51. The van der Waals surface area contributed by atoms with Crippen molar-refractivity contribution in [3.8, 4) is 0 Å². The number of halogens is 1. The maximum absolute atomic E-state index is 13.0. The molecular formula is C18H21FN2O4. The highest BCUT2D eigenvalue weighted by Crippen LogP contribution is 2.59. The zero-order valence-corrected chi connectivity index (χ0v) is 14.2. The number of carboxylic acid groups (broad SMARTS) is 1. The predicted octanol–water partition coefficient (Wildman–Crippen LogP) is 1.47. The van der Waals surface area contributed by atoms with E-state index in [0.717, 1.165) is 0 Å². The standard InChI is InChI=1S/C18H21FN2O4/c1-18(2)13(14(18)17(24)25)16(23)21-9-7-20(8-10-21)15(22)11-3-5-12(19)6-4-11/h3-6,13-14H,7-10H2,1-2H3,(H,24,25)/t13-,14+/m1/s1. The lowest BCUT2D eigenvalue weighted by molar-refractivity contribution is -0.142. The second kappa shape index (κ2) is 6.13. The molecule has 1 heterocycles. The summed E-state index contributed by atoms with van der Waals surface area (Å²) in [4.78, 5) is 39.5. The summed E-state index contributed by atoms with van der Waals surface area (Å²) in [5, 5.41) is 9.22. The molecule has 2 amide bonds. The molecule has 1 aromatic carbocycles. The third-order valence-electron chi connectivity index (χ3n) is 5.33. The van der Waals surface area contributed by atoms with Crippen LogP contribution in [0.15, 0.2) is 24.3 Å². The first-order chi connectivity index (χ1) is 11.7. The van der Waals surface area contributed by atoms with Crippen molar-refractivity contribution in [3.63, 3.8) is 0 Å². The van der Waals surface area contributed by atoms with Gasteiger partial charge in [-0.2, -0.15) is 0 Å². The molecule has 1 aliphatic heterocycles. The Balaban J connectivity index is 1.59. The van der Waals surface area contributed by atoms with Gasteiger partial charge in [0.1, 0.15) is 5.82 Å². The van der Waals surface area contributed by atoms with Gasteiger partial charge in [0, 0.05) is 31.7 Å². The van der Waals surface area contributed by atoms with Crippen LogP contribution >= 0.6 is 0 Å². The molecule has 1 saturated carbocycles. The van der Waals surface area contributed by atoms with E-state index in [1.807, 2.05) is 0 Å². The number of carbonyl (C=O) groups is 3. The first-order valence-corrected chi connectivity index (χ1v) is 8.30. The largest absolute Gasteiger partial charge is 0.481 e. The summed E-state index contributed by atoms with van der Waals surface area (Å²) in [6, 6.07) is 5.38. The maximum Gasteiger partial charge on any atom is 0.307 e. The molecule has 6 nitrogen and oxygen atoms in total. The highest BCUT2D eigenvalue weighted by molar-refractivity contribution is 5.95. The van der Waals surface area contributed by atoms with E-state index >= 15 is 0 Å². The summed E-state index contributed by atoms with van der Waals surface area (Å²) >= 11 is 0. The van der Waals surface area contributed by atoms with Gasteiger partial charge in [0.15, 0.2) is 0 Å². The molecule has 7 heteroatoms. The first kappa shape index (κ1) is 17.4. The molecule has 3 rings (SSSR count). The molecule has 0 unspecified atom stereocenters. The predicted molar refractivity (Wildman–Crippen MR) is 87.3 cm³/mol. The van der Waals surface area contributed by atoms with Crippen molar-refractivity contribution in [2.75, 3.05) is 26.2 Å². The van der Waals surface area contributed by atoms with E-state index in [4.69, 9.17) is 0 Å². The van der Waals surface area contributed by atoms with Crippen LogP contribution < -0.4 is 0 Å². The highest BCUT2D eigenvalue weighted by Gasteiger charge is 2.66. The van der Waals surface area contributed by atoms with Gasteiger partial charge in [-0.25, -0.2) is 4.39 Å². The van der Waals surface area contributed by atoms with Crippen molar-refractivity contribution in [2.45, 2.75) is 13.8 Å². The Labute approximate surface area is 145 Å². The van der Waals surface area contributed by atoms with Gasteiger partial charge in [-0.1, -0.05) is 13.8 Å². The molecule has 25 heavy (non-hydrogen) atoms. The van der Waals surface area contributed by atoms with Crippen LogP contribution in [0.1, 0.15) is 24.2 Å². The van der Waals surface area contributed by atoms with Crippen molar-refractivity contribution in [3.05, 3.63) is 35.6 Å². The third kappa shape index (κ3) is 3.10. The number of amides is 2. The Kier molecular flexibility index (Phi) is 4.26. The molecule has 0 radical (unpaired) electrons. The van der Waals surface area contributed by atoms with Gasteiger partial charge in [-0.15, -0.1) is 0 Å². The fourth-order valence-electron chi connectivity index (χ4n) is 3.66. The van der Waals surface area contributed by atoms with Crippen molar-refractivity contribution in [1.82, 2.24) is 9.80 Å². The van der Waals surface area contributed by atoms with E-state index in [0.29, 0.717) is 31.7 Å². The van der Waals surface area contributed by atoms with Gasteiger partial charge in [0.25, 0.3) is 5.91 Å². The maximum atomic E-state index is 13.0. The van der Waals surface area contributed by atoms with Crippen LogP contribution in [0.25, 0.3) is 0 Å². The van der Waals surface area contributed by atoms with Crippen LogP contribution in [-0.2, 0) is 9.59 Å². The number of carboxylic acids is 1. The smallest absolute Gasteiger partial charge is 0.307 e. The average Bonchev–Trinajstić information content (AvgIpc) is 3.17. The van der Waals surface area contributed by atoms with Crippen LogP contribution in [0.4, 0.5) is 4.39 Å². The van der Waals surface area contributed by atoms with E-state index in [-0.39, 0.29) is 11.8 Å². The summed E-state index contributed by atoms with van der Waals surface area (Å²) in [6.45, 7) is 5.11. The molecular weight excluding hydrogens is 327 g/mol. The quantitative estimate of drug-likeness (QED) is 0.897.